The van der Waals surface area contributed by atoms with Crippen LogP contribution in [-0.4, -0.2) is 30.2 Å². The van der Waals surface area contributed by atoms with Crippen LogP contribution in [0.2, 0.25) is 0 Å². The van der Waals surface area contributed by atoms with Crippen molar-refractivity contribution in [2.75, 3.05) is 7.05 Å². The summed E-state index contributed by atoms with van der Waals surface area (Å²) in [6.07, 6.45) is 13.5. The van der Waals surface area contributed by atoms with E-state index < -0.39 is 0 Å². The van der Waals surface area contributed by atoms with Crippen LogP contribution in [0.4, 0.5) is 0 Å². The maximum absolute atomic E-state index is 4.29. The molecule has 2 nitrogen and oxygen atoms in total. The van der Waals surface area contributed by atoms with E-state index in [2.05, 4.69) is 49.9 Å². The SMILES string of the molecule is CC.CC=N/C=C(\C=C/C)C(C)N(C)C1CCC(C)CC1. The summed E-state index contributed by atoms with van der Waals surface area (Å²) in [5.74, 6) is 0.912. The van der Waals surface area contributed by atoms with Crippen molar-refractivity contribution in [3.63, 3.8) is 0 Å². The number of allylic oxidation sites excluding steroid dienone is 1. The van der Waals surface area contributed by atoms with Gasteiger partial charge in [0.25, 0.3) is 0 Å². The van der Waals surface area contributed by atoms with Crippen LogP contribution in [0.25, 0.3) is 0 Å². The summed E-state index contributed by atoms with van der Waals surface area (Å²) in [7, 11) is 2.26. The molecule has 0 aromatic rings. The second kappa shape index (κ2) is 11.7. The minimum atomic E-state index is 0.429. The smallest absolute Gasteiger partial charge is 0.0334 e. The average molecular weight is 293 g/mol. The van der Waals surface area contributed by atoms with Crippen molar-refractivity contribution in [2.45, 2.75) is 79.3 Å². The maximum Gasteiger partial charge on any atom is 0.0334 e. The Labute approximate surface area is 133 Å². The van der Waals surface area contributed by atoms with E-state index in [4.69, 9.17) is 0 Å². The largest absolute Gasteiger partial charge is 0.297 e. The molecule has 0 bridgehead atoms. The van der Waals surface area contributed by atoms with Gasteiger partial charge in [0, 0.05) is 24.5 Å². The van der Waals surface area contributed by atoms with Crippen LogP contribution >= 0.6 is 0 Å². The predicted octanol–water partition coefficient (Wildman–Crippen LogP) is 5.46. The molecule has 1 atom stereocenters. The van der Waals surface area contributed by atoms with Gasteiger partial charge in [-0.2, -0.15) is 0 Å². The van der Waals surface area contributed by atoms with Crippen molar-refractivity contribution in [3.8, 4) is 0 Å². The molecule has 122 valence electrons. The fraction of sp³-hybridized carbons (Fsp3) is 0.737. The van der Waals surface area contributed by atoms with Gasteiger partial charge in [-0.25, -0.2) is 0 Å². The number of hydrogen-bond acceptors (Lipinski definition) is 2. The fourth-order valence-corrected chi connectivity index (χ4v) is 2.84. The minimum Gasteiger partial charge on any atom is -0.297 e. The van der Waals surface area contributed by atoms with Crippen LogP contribution in [0, 0.1) is 5.92 Å². The van der Waals surface area contributed by atoms with Crippen molar-refractivity contribution >= 4 is 6.21 Å². The molecule has 1 saturated carbocycles. The zero-order valence-electron chi connectivity index (χ0n) is 15.3. The van der Waals surface area contributed by atoms with Crippen LogP contribution in [0.5, 0.6) is 0 Å². The van der Waals surface area contributed by atoms with Gasteiger partial charge >= 0.3 is 0 Å². The van der Waals surface area contributed by atoms with E-state index in [0.717, 1.165) is 12.0 Å². The molecule has 1 rings (SSSR count). The first-order valence-electron chi connectivity index (χ1n) is 8.62. The van der Waals surface area contributed by atoms with Crippen molar-refractivity contribution in [3.05, 3.63) is 23.9 Å². The Morgan fingerprint density at radius 2 is 1.71 bits per heavy atom. The van der Waals surface area contributed by atoms with E-state index >= 15 is 0 Å². The average Bonchev–Trinajstić information content (AvgIpc) is 2.52. The van der Waals surface area contributed by atoms with E-state index in [9.17, 15) is 0 Å². The fourth-order valence-electron chi connectivity index (χ4n) is 2.84. The molecule has 0 aromatic heterocycles. The zero-order valence-corrected chi connectivity index (χ0v) is 15.3. The standard InChI is InChI=1S/C17H30N2.C2H6/c1-6-8-16(13-18-7-2)15(4)19(5)17-11-9-14(3)10-12-17;1-2/h6-8,13-15,17H,9-12H2,1-5H3;1-2H3/b8-6-,16-13+,18-7?;. The summed E-state index contributed by atoms with van der Waals surface area (Å²) in [6.45, 7) is 12.7. The lowest BCUT2D eigenvalue weighted by atomic mass is 9.86. The predicted molar refractivity (Wildman–Crippen MR) is 97.1 cm³/mol. The molecule has 0 spiro atoms. The molecular weight excluding hydrogens is 256 g/mol. The van der Waals surface area contributed by atoms with E-state index in [1.54, 1.807) is 0 Å². The van der Waals surface area contributed by atoms with Crippen molar-refractivity contribution in [1.82, 2.24) is 4.90 Å². The molecule has 2 heteroatoms. The van der Waals surface area contributed by atoms with Gasteiger partial charge in [-0.1, -0.05) is 32.9 Å². The lowest BCUT2D eigenvalue weighted by Crippen LogP contribution is -2.41. The van der Waals surface area contributed by atoms with E-state index in [1.807, 2.05) is 33.2 Å². The van der Waals surface area contributed by atoms with Crippen LogP contribution in [0.1, 0.15) is 67.2 Å². The van der Waals surface area contributed by atoms with Crippen molar-refractivity contribution < 1.29 is 0 Å². The summed E-state index contributed by atoms with van der Waals surface area (Å²) in [5.41, 5.74) is 1.29. The van der Waals surface area contributed by atoms with Gasteiger partial charge in [0.2, 0.25) is 0 Å². The van der Waals surface area contributed by atoms with Crippen molar-refractivity contribution in [1.29, 1.82) is 0 Å². The van der Waals surface area contributed by atoms with Crippen LogP contribution in [0.3, 0.4) is 0 Å². The Kier molecular flexibility index (Phi) is 11.2. The molecule has 1 unspecified atom stereocenters. The highest BCUT2D eigenvalue weighted by Crippen LogP contribution is 2.28. The van der Waals surface area contributed by atoms with Gasteiger partial charge < -0.3 is 0 Å². The van der Waals surface area contributed by atoms with Gasteiger partial charge in [0.1, 0.15) is 0 Å². The zero-order chi connectivity index (χ0) is 16.3. The van der Waals surface area contributed by atoms with Gasteiger partial charge in [-0.05, 0) is 65.0 Å². The first-order valence-corrected chi connectivity index (χ1v) is 8.62. The summed E-state index contributed by atoms with van der Waals surface area (Å²) in [4.78, 5) is 6.82. The second-order valence-electron chi connectivity index (χ2n) is 5.79. The van der Waals surface area contributed by atoms with Gasteiger partial charge in [-0.3, -0.25) is 9.89 Å². The Morgan fingerprint density at radius 3 is 2.19 bits per heavy atom. The molecule has 1 aliphatic carbocycles. The summed E-state index contributed by atoms with van der Waals surface area (Å²) in [5, 5.41) is 0. The third-order valence-corrected chi connectivity index (χ3v) is 4.39. The first-order chi connectivity index (χ1) is 10.1. The molecule has 0 saturated heterocycles. The third kappa shape index (κ3) is 7.08. The van der Waals surface area contributed by atoms with Gasteiger partial charge in [0.15, 0.2) is 0 Å². The topological polar surface area (TPSA) is 15.6 Å². The monoisotopic (exact) mass is 292 g/mol. The molecule has 0 aliphatic heterocycles. The number of aliphatic imine (C=N–C) groups is 1. The highest BCUT2D eigenvalue weighted by Gasteiger charge is 2.25. The van der Waals surface area contributed by atoms with Crippen LogP contribution in [0.15, 0.2) is 28.9 Å². The Bertz CT molecular complexity index is 333. The van der Waals surface area contributed by atoms with Crippen molar-refractivity contribution in [2.24, 2.45) is 10.9 Å². The molecular formula is C19H36N2. The quantitative estimate of drug-likeness (QED) is 0.485. The molecule has 0 radical (unpaired) electrons. The normalized spacial score (nSPS) is 25.2. The van der Waals surface area contributed by atoms with E-state index in [-0.39, 0.29) is 0 Å². The number of hydrogen-bond donors (Lipinski definition) is 0. The number of rotatable bonds is 5. The number of nitrogens with zero attached hydrogens (tertiary/aromatic N) is 2. The molecule has 1 fully saturated rings. The molecule has 0 N–H and O–H groups in total. The molecule has 0 amide bonds. The molecule has 0 aromatic carbocycles. The van der Waals surface area contributed by atoms with Crippen LogP contribution < -0.4 is 0 Å². The summed E-state index contributed by atoms with van der Waals surface area (Å²) < 4.78 is 0. The summed E-state index contributed by atoms with van der Waals surface area (Å²) >= 11 is 0. The maximum atomic E-state index is 4.29. The second-order valence-corrected chi connectivity index (χ2v) is 5.79. The van der Waals surface area contributed by atoms with Gasteiger partial charge in [0.05, 0.1) is 0 Å². The lowest BCUT2D eigenvalue weighted by Gasteiger charge is -2.37. The van der Waals surface area contributed by atoms with Crippen LogP contribution in [-0.2, 0) is 0 Å². The van der Waals surface area contributed by atoms with Gasteiger partial charge in [-0.15, -0.1) is 0 Å². The Morgan fingerprint density at radius 1 is 1.14 bits per heavy atom. The lowest BCUT2D eigenvalue weighted by molar-refractivity contribution is 0.147. The highest BCUT2D eigenvalue weighted by molar-refractivity contribution is 5.54. The summed E-state index contributed by atoms with van der Waals surface area (Å²) in [6, 6.07) is 1.16. The molecule has 21 heavy (non-hydrogen) atoms. The Balaban J connectivity index is 0.00000191. The molecule has 0 heterocycles. The van der Waals surface area contributed by atoms with E-state index in [1.165, 1.54) is 31.3 Å². The number of likely N-dealkylation sites (N-methyl/N-ethyl adjacent to an activating group) is 1. The van der Waals surface area contributed by atoms with E-state index in [0.29, 0.717) is 6.04 Å². The Hall–Kier alpha value is -0.890. The molecule has 1 aliphatic rings. The highest BCUT2D eigenvalue weighted by atomic mass is 15.2. The third-order valence-electron chi connectivity index (χ3n) is 4.39. The minimum absolute atomic E-state index is 0.429. The first kappa shape index (κ1) is 20.1.